The number of likely N-dealkylation sites (tertiary alicyclic amines) is 1. The van der Waals surface area contributed by atoms with Gasteiger partial charge in [0, 0.05) is 12.1 Å². The van der Waals surface area contributed by atoms with Crippen molar-refractivity contribution in [2.24, 2.45) is 0 Å². The van der Waals surface area contributed by atoms with Crippen LogP contribution in [-0.2, 0) is 14.8 Å². The number of aryl methyl sites for hydroxylation is 1. The standard InChI is InChI=1S/C23H31N3O5S/c1-17-5-7-19(8-6-17)26(16-23(27)24-18-11-13-25(2)14-12-18)32(28,29)20-9-10-21(30-3)22(15-20)31-4/h5-10,15,18H,11-14,16H2,1-4H3,(H,24,27). The average Bonchev–Trinajstić information content (AvgIpc) is 2.79. The Bertz CT molecular complexity index is 1030. The van der Waals surface area contributed by atoms with Gasteiger partial charge in [0.15, 0.2) is 11.5 Å². The van der Waals surface area contributed by atoms with Crippen LogP contribution < -0.4 is 19.1 Å². The van der Waals surface area contributed by atoms with E-state index in [9.17, 15) is 13.2 Å². The number of carbonyl (C=O) groups is 1. The van der Waals surface area contributed by atoms with Crippen molar-refractivity contribution in [1.82, 2.24) is 10.2 Å². The topological polar surface area (TPSA) is 88.2 Å². The molecule has 1 amide bonds. The quantitative estimate of drug-likeness (QED) is 0.650. The fourth-order valence-corrected chi connectivity index (χ4v) is 5.12. The zero-order valence-electron chi connectivity index (χ0n) is 19.0. The number of nitrogens with one attached hydrogen (secondary N) is 1. The van der Waals surface area contributed by atoms with Crippen molar-refractivity contribution in [3.8, 4) is 11.5 Å². The van der Waals surface area contributed by atoms with E-state index in [-0.39, 0.29) is 23.4 Å². The van der Waals surface area contributed by atoms with Crippen LogP contribution in [0.4, 0.5) is 5.69 Å². The van der Waals surface area contributed by atoms with Crippen molar-refractivity contribution < 1.29 is 22.7 Å². The Labute approximate surface area is 190 Å². The maximum Gasteiger partial charge on any atom is 0.264 e. The molecule has 0 saturated carbocycles. The maximum absolute atomic E-state index is 13.6. The first kappa shape index (κ1) is 23.9. The molecule has 0 radical (unpaired) electrons. The highest BCUT2D eigenvalue weighted by molar-refractivity contribution is 7.92. The second-order valence-electron chi connectivity index (χ2n) is 8.01. The summed E-state index contributed by atoms with van der Waals surface area (Å²) in [6.07, 6.45) is 1.68. The van der Waals surface area contributed by atoms with E-state index in [2.05, 4.69) is 10.2 Å². The van der Waals surface area contributed by atoms with Crippen LogP contribution in [0.15, 0.2) is 47.4 Å². The molecular weight excluding hydrogens is 430 g/mol. The smallest absolute Gasteiger partial charge is 0.264 e. The minimum Gasteiger partial charge on any atom is -0.493 e. The third-order valence-electron chi connectivity index (χ3n) is 5.64. The fourth-order valence-electron chi connectivity index (χ4n) is 3.69. The van der Waals surface area contributed by atoms with E-state index in [0.29, 0.717) is 17.2 Å². The van der Waals surface area contributed by atoms with Gasteiger partial charge in [-0.15, -0.1) is 0 Å². The Kier molecular flexibility index (Phi) is 7.63. The lowest BCUT2D eigenvalue weighted by Gasteiger charge is -2.30. The molecule has 0 bridgehead atoms. The number of amides is 1. The number of rotatable bonds is 8. The van der Waals surface area contributed by atoms with Gasteiger partial charge in [-0.1, -0.05) is 17.7 Å². The highest BCUT2D eigenvalue weighted by atomic mass is 32.2. The lowest BCUT2D eigenvalue weighted by atomic mass is 10.1. The predicted molar refractivity (Wildman–Crippen MR) is 124 cm³/mol. The lowest BCUT2D eigenvalue weighted by Crippen LogP contribution is -2.47. The minimum absolute atomic E-state index is 0.0165. The van der Waals surface area contributed by atoms with Crippen molar-refractivity contribution in [2.75, 3.05) is 45.2 Å². The highest BCUT2D eigenvalue weighted by Gasteiger charge is 2.29. The van der Waals surface area contributed by atoms with Crippen LogP contribution in [-0.4, -0.2) is 66.2 Å². The van der Waals surface area contributed by atoms with Crippen molar-refractivity contribution in [1.29, 1.82) is 0 Å². The van der Waals surface area contributed by atoms with E-state index in [1.807, 2.05) is 26.1 Å². The minimum atomic E-state index is -4.04. The number of benzene rings is 2. The molecule has 0 spiro atoms. The second kappa shape index (κ2) is 10.2. The number of nitrogens with zero attached hydrogens (tertiary/aromatic N) is 2. The summed E-state index contributed by atoms with van der Waals surface area (Å²) in [6.45, 7) is 3.41. The van der Waals surface area contributed by atoms with Gasteiger partial charge in [-0.2, -0.15) is 0 Å². The van der Waals surface area contributed by atoms with Crippen molar-refractivity contribution >= 4 is 21.6 Å². The summed E-state index contributed by atoms with van der Waals surface area (Å²) in [5.41, 5.74) is 1.41. The molecule has 2 aromatic carbocycles. The van der Waals surface area contributed by atoms with Gasteiger partial charge in [-0.25, -0.2) is 8.42 Å². The van der Waals surface area contributed by atoms with Crippen LogP contribution in [0.3, 0.4) is 0 Å². The molecule has 1 aliphatic rings. The number of hydrogen-bond donors (Lipinski definition) is 1. The summed E-state index contributed by atoms with van der Waals surface area (Å²) in [6, 6.07) is 11.5. The fraction of sp³-hybridized carbons (Fsp3) is 0.435. The molecule has 174 valence electrons. The number of carbonyl (C=O) groups excluding carboxylic acids is 1. The second-order valence-corrected chi connectivity index (χ2v) is 9.87. The Morgan fingerprint density at radius 3 is 2.28 bits per heavy atom. The van der Waals surface area contributed by atoms with Gasteiger partial charge in [0.05, 0.1) is 24.8 Å². The van der Waals surface area contributed by atoms with Crippen LogP contribution in [0.2, 0.25) is 0 Å². The molecule has 1 aliphatic heterocycles. The molecule has 1 fully saturated rings. The van der Waals surface area contributed by atoms with Gasteiger partial charge in [-0.05, 0) is 64.2 Å². The highest BCUT2D eigenvalue weighted by Crippen LogP contribution is 2.32. The van der Waals surface area contributed by atoms with Crippen LogP contribution >= 0.6 is 0 Å². The number of piperidine rings is 1. The Morgan fingerprint density at radius 2 is 1.69 bits per heavy atom. The molecule has 1 N–H and O–H groups in total. The summed E-state index contributed by atoms with van der Waals surface area (Å²) in [7, 11) is 0.938. The van der Waals surface area contributed by atoms with Crippen molar-refractivity contribution in [3.63, 3.8) is 0 Å². The summed E-state index contributed by atoms with van der Waals surface area (Å²) >= 11 is 0. The lowest BCUT2D eigenvalue weighted by molar-refractivity contribution is -0.120. The van der Waals surface area contributed by atoms with Gasteiger partial charge in [-0.3, -0.25) is 9.10 Å². The number of methoxy groups -OCH3 is 2. The Hall–Kier alpha value is -2.78. The average molecular weight is 462 g/mol. The van der Waals surface area contributed by atoms with E-state index in [0.717, 1.165) is 35.8 Å². The van der Waals surface area contributed by atoms with Gasteiger partial charge in [0.25, 0.3) is 10.0 Å². The summed E-state index contributed by atoms with van der Waals surface area (Å²) in [5, 5.41) is 3.00. The van der Waals surface area contributed by atoms with Gasteiger partial charge < -0.3 is 19.7 Å². The molecule has 0 aromatic heterocycles. The molecular formula is C23H31N3O5S. The zero-order valence-corrected chi connectivity index (χ0v) is 19.8. The van der Waals surface area contributed by atoms with E-state index < -0.39 is 10.0 Å². The summed E-state index contributed by atoms with van der Waals surface area (Å²) in [5.74, 6) is 0.394. The summed E-state index contributed by atoms with van der Waals surface area (Å²) in [4.78, 5) is 15.1. The van der Waals surface area contributed by atoms with Gasteiger partial charge >= 0.3 is 0 Å². The molecule has 9 heteroatoms. The molecule has 1 heterocycles. The normalized spacial score (nSPS) is 15.2. The molecule has 3 rings (SSSR count). The zero-order chi connectivity index (χ0) is 23.3. The Balaban J connectivity index is 1.90. The van der Waals surface area contributed by atoms with Crippen molar-refractivity contribution in [3.05, 3.63) is 48.0 Å². The Morgan fingerprint density at radius 1 is 1.06 bits per heavy atom. The monoisotopic (exact) mass is 461 g/mol. The van der Waals surface area contributed by atoms with Crippen LogP contribution in [0.1, 0.15) is 18.4 Å². The number of ether oxygens (including phenoxy) is 2. The van der Waals surface area contributed by atoms with Crippen molar-refractivity contribution in [2.45, 2.75) is 30.7 Å². The summed E-state index contributed by atoms with van der Waals surface area (Å²) < 4.78 is 38.8. The van der Waals surface area contributed by atoms with Gasteiger partial charge in [0.2, 0.25) is 5.91 Å². The largest absolute Gasteiger partial charge is 0.493 e. The van der Waals surface area contributed by atoms with E-state index in [1.165, 1.54) is 32.4 Å². The van der Waals surface area contributed by atoms with Gasteiger partial charge in [0.1, 0.15) is 6.54 Å². The molecule has 1 saturated heterocycles. The third-order valence-corrected chi connectivity index (χ3v) is 7.41. The third kappa shape index (κ3) is 5.52. The van der Waals surface area contributed by atoms with E-state index in [4.69, 9.17) is 9.47 Å². The number of sulfonamides is 1. The van der Waals surface area contributed by atoms with Crippen LogP contribution in [0, 0.1) is 6.92 Å². The maximum atomic E-state index is 13.6. The molecule has 0 unspecified atom stereocenters. The molecule has 0 aliphatic carbocycles. The molecule has 8 nitrogen and oxygen atoms in total. The predicted octanol–water partition coefficient (Wildman–Crippen LogP) is 2.42. The van der Waals surface area contributed by atoms with Crippen LogP contribution in [0.25, 0.3) is 0 Å². The van der Waals surface area contributed by atoms with Crippen LogP contribution in [0.5, 0.6) is 11.5 Å². The number of hydrogen-bond acceptors (Lipinski definition) is 6. The first-order valence-corrected chi connectivity index (χ1v) is 12.0. The SMILES string of the molecule is COc1ccc(S(=O)(=O)N(CC(=O)NC2CCN(C)CC2)c2ccc(C)cc2)cc1OC. The molecule has 2 aromatic rings. The molecule has 0 atom stereocenters. The van der Waals surface area contributed by atoms with E-state index in [1.54, 1.807) is 12.1 Å². The number of anilines is 1. The first-order valence-electron chi connectivity index (χ1n) is 10.5. The molecule has 32 heavy (non-hydrogen) atoms. The van der Waals surface area contributed by atoms with E-state index >= 15 is 0 Å². The first-order chi connectivity index (χ1) is 15.2.